The molecule has 3 aromatic rings. The van der Waals surface area contributed by atoms with Gasteiger partial charge in [0.25, 0.3) is 10.0 Å². The number of sulfonamides is 1. The highest BCUT2D eigenvalue weighted by Gasteiger charge is 2.46. The molecule has 0 saturated carbocycles. The maximum absolute atomic E-state index is 13.2. The molecule has 0 unspecified atom stereocenters. The summed E-state index contributed by atoms with van der Waals surface area (Å²) >= 11 is 0. The lowest BCUT2D eigenvalue weighted by atomic mass is 9.84. The van der Waals surface area contributed by atoms with Crippen molar-refractivity contribution in [2.75, 3.05) is 11.3 Å². The Balaban J connectivity index is 1.29. The lowest BCUT2D eigenvalue weighted by molar-refractivity contribution is -0.142. The number of amides is 1. The molecule has 0 aliphatic carbocycles. The fraction of sp³-hybridized carbons (Fsp3) is 0.308. The standard InChI is InChI=1S/C26H26FN3O6S/c27-16-4-7-20(8-5-16)37(33,34)30-17-6-9-23-21(11-17)22-12-19(35-24(15-31)26(22)36-23)13-25(32)29-14-18-3-1-2-10-28-18/h1-11,19,22,24,26,30-31H,12-15H2,(H,29,32)/t19-,22-,24+,26+/m1/s1. The molecule has 5 rings (SSSR count). The Kier molecular flexibility index (Phi) is 7.09. The molecular formula is C26H26FN3O6S. The van der Waals surface area contributed by atoms with Gasteiger partial charge in [-0.15, -0.1) is 0 Å². The first-order valence-corrected chi connectivity index (χ1v) is 13.3. The van der Waals surface area contributed by atoms with Crippen molar-refractivity contribution in [3.05, 3.63) is 83.9 Å². The van der Waals surface area contributed by atoms with Gasteiger partial charge in [-0.05, 0) is 61.0 Å². The molecule has 37 heavy (non-hydrogen) atoms. The third kappa shape index (κ3) is 5.58. The number of carbonyl (C=O) groups is 1. The zero-order valence-electron chi connectivity index (χ0n) is 19.7. The van der Waals surface area contributed by atoms with Crippen LogP contribution in [0.1, 0.15) is 30.0 Å². The van der Waals surface area contributed by atoms with Crippen LogP contribution in [0.5, 0.6) is 5.75 Å². The Labute approximate surface area is 213 Å². The predicted molar refractivity (Wildman–Crippen MR) is 132 cm³/mol. The minimum absolute atomic E-state index is 0.0632. The van der Waals surface area contributed by atoms with Gasteiger partial charge in [-0.2, -0.15) is 0 Å². The summed E-state index contributed by atoms with van der Waals surface area (Å²) in [4.78, 5) is 16.7. The van der Waals surface area contributed by atoms with Gasteiger partial charge in [0.2, 0.25) is 5.91 Å². The molecule has 1 fully saturated rings. The molecule has 0 spiro atoms. The Bertz CT molecular complexity index is 1370. The van der Waals surface area contributed by atoms with Crippen LogP contribution in [0, 0.1) is 5.82 Å². The van der Waals surface area contributed by atoms with Crippen molar-refractivity contribution in [3.63, 3.8) is 0 Å². The number of benzene rings is 2. The summed E-state index contributed by atoms with van der Waals surface area (Å²) in [6.45, 7) is 0.0106. The highest BCUT2D eigenvalue weighted by Crippen LogP contribution is 2.47. The van der Waals surface area contributed by atoms with E-state index in [2.05, 4.69) is 15.0 Å². The second-order valence-electron chi connectivity index (χ2n) is 9.02. The molecule has 4 atom stereocenters. The predicted octanol–water partition coefficient (Wildman–Crippen LogP) is 2.72. The number of anilines is 1. The summed E-state index contributed by atoms with van der Waals surface area (Å²) in [6, 6.07) is 14.9. The quantitative estimate of drug-likeness (QED) is 0.411. The van der Waals surface area contributed by atoms with E-state index in [1.165, 1.54) is 12.1 Å². The van der Waals surface area contributed by atoms with Crippen molar-refractivity contribution in [3.8, 4) is 5.75 Å². The smallest absolute Gasteiger partial charge is 0.261 e. The van der Waals surface area contributed by atoms with Crippen LogP contribution in [0.4, 0.5) is 10.1 Å². The number of ether oxygens (including phenoxy) is 2. The van der Waals surface area contributed by atoms with Crippen molar-refractivity contribution >= 4 is 21.6 Å². The number of nitrogens with zero attached hydrogens (tertiary/aromatic N) is 1. The molecule has 2 aliphatic heterocycles. The van der Waals surface area contributed by atoms with Gasteiger partial charge in [-0.3, -0.25) is 14.5 Å². The number of nitrogens with one attached hydrogen (secondary N) is 2. The van der Waals surface area contributed by atoms with E-state index in [0.717, 1.165) is 23.4 Å². The number of aliphatic hydroxyl groups excluding tert-OH is 1. The van der Waals surface area contributed by atoms with Gasteiger partial charge in [0.15, 0.2) is 0 Å². The average molecular weight is 528 g/mol. The van der Waals surface area contributed by atoms with E-state index in [1.807, 2.05) is 12.1 Å². The molecule has 2 aromatic carbocycles. The van der Waals surface area contributed by atoms with Crippen molar-refractivity contribution in [1.82, 2.24) is 10.3 Å². The molecule has 9 nitrogen and oxygen atoms in total. The fourth-order valence-electron chi connectivity index (χ4n) is 4.75. The van der Waals surface area contributed by atoms with Crippen molar-refractivity contribution in [1.29, 1.82) is 0 Å². The van der Waals surface area contributed by atoms with Crippen LogP contribution in [0.2, 0.25) is 0 Å². The van der Waals surface area contributed by atoms with Gasteiger partial charge in [0.1, 0.15) is 23.8 Å². The van der Waals surface area contributed by atoms with Crippen LogP contribution < -0.4 is 14.8 Å². The second kappa shape index (κ2) is 10.4. The normalized spacial score (nSPS) is 22.4. The summed E-state index contributed by atoms with van der Waals surface area (Å²) in [6.07, 6.45) is 0.647. The molecule has 1 aromatic heterocycles. The van der Waals surface area contributed by atoms with E-state index in [-0.39, 0.29) is 29.7 Å². The Morgan fingerprint density at radius 1 is 1.14 bits per heavy atom. The lowest BCUT2D eigenvalue weighted by Gasteiger charge is -2.37. The van der Waals surface area contributed by atoms with Crippen LogP contribution in [-0.4, -0.2) is 49.3 Å². The molecule has 0 radical (unpaired) electrons. The molecule has 1 saturated heterocycles. The molecule has 3 heterocycles. The van der Waals surface area contributed by atoms with E-state index >= 15 is 0 Å². The number of fused-ring (bicyclic) bond motifs is 3. The first-order valence-electron chi connectivity index (χ1n) is 11.8. The zero-order chi connectivity index (χ0) is 26.0. The van der Waals surface area contributed by atoms with Gasteiger partial charge in [0.05, 0.1) is 36.3 Å². The summed E-state index contributed by atoms with van der Waals surface area (Å²) in [5, 5.41) is 12.8. The summed E-state index contributed by atoms with van der Waals surface area (Å²) in [7, 11) is -3.93. The molecule has 1 amide bonds. The van der Waals surface area contributed by atoms with Gasteiger partial charge in [0, 0.05) is 23.4 Å². The van der Waals surface area contributed by atoms with Crippen LogP contribution in [0.25, 0.3) is 0 Å². The highest BCUT2D eigenvalue weighted by atomic mass is 32.2. The summed E-state index contributed by atoms with van der Waals surface area (Å²) < 4.78 is 53.3. The Morgan fingerprint density at radius 3 is 2.68 bits per heavy atom. The first kappa shape index (κ1) is 25.1. The Morgan fingerprint density at radius 2 is 1.95 bits per heavy atom. The van der Waals surface area contributed by atoms with Crippen LogP contribution >= 0.6 is 0 Å². The van der Waals surface area contributed by atoms with Crippen LogP contribution in [0.15, 0.2) is 71.8 Å². The molecule has 3 N–H and O–H groups in total. The maximum atomic E-state index is 13.2. The number of carbonyl (C=O) groups excluding carboxylic acids is 1. The summed E-state index contributed by atoms with van der Waals surface area (Å²) in [5.74, 6) is -0.366. The van der Waals surface area contributed by atoms with Gasteiger partial charge in [-0.25, -0.2) is 12.8 Å². The van der Waals surface area contributed by atoms with E-state index < -0.39 is 34.2 Å². The van der Waals surface area contributed by atoms with E-state index in [0.29, 0.717) is 24.4 Å². The summed E-state index contributed by atoms with van der Waals surface area (Å²) in [5.41, 5.74) is 1.83. The molecule has 11 heteroatoms. The molecule has 0 bridgehead atoms. The third-order valence-electron chi connectivity index (χ3n) is 6.48. The number of aromatic nitrogens is 1. The molecular weight excluding hydrogens is 501 g/mol. The van der Waals surface area contributed by atoms with Crippen LogP contribution in [-0.2, 0) is 26.1 Å². The zero-order valence-corrected chi connectivity index (χ0v) is 20.5. The minimum Gasteiger partial charge on any atom is -0.487 e. The maximum Gasteiger partial charge on any atom is 0.261 e. The van der Waals surface area contributed by atoms with Gasteiger partial charge >= 0.3 is 0 Å². The number of halogens is 1. The lowest BCUT2D eigenvalue weighted by Crippen LogP contribution is -2.47. The van der Waals surface area contributed by atoms with Gasteiger partial charge < -0.3 is 19.9 Å². The highest BCUT2D eigenvalue weighted by molar-refractivity contribution is 7.92. The van der Waals surface area contributed by atoms with Crippen molar-refractivity contribution in [2.45, 2.75) is 48.5 Å². The van der Waals surface area contributed by atoms with Gasteiger partial charge in [-0.1, -0.05) is 6.07 Å². The number of rotatable bonds is 8. The van der Waals surface area contributed by atoms with E-state index in [1.54, 1.807) is 30.5 Å². The number of pyridine rings is 1. The third-order valence-corrected chi connectivity index (χ3v) is 7.88. The largest absolute Gasteiger partial charge is 0.487 e. The fourth-order valence-corrected chi connectivity index (χ4v) is 5.80. The number of hydrogen-bond acceptors (Lipinski definition) is 7. The Hall–Kier alpha value is -3.54. The topological polar surface area (TPSA) is 127 Å². The average Bonchev–Trinajstić information content (AvgIpc) is 3.25. The van der Waals surface area contributed by atoms with E-state index in [4.69, 9.17) is 9.47 Å². The number of hydrogen-bond donors (Lipinski definition) is 3. The number of aliphatic hydroxyl groups is 1. The first-order chi connectivity index (χ1) is 17.8. The van der Waals surface area contributed by atoms with E-state index in [9.17, 15) is 22.7 Å². The minimum atomic E-state index is -3.93. The monoisotopic (exact) mass is 527 g/mol. The second-order valence-corrected chi connectivity index (χ2v) is 10.7. The molecule has 194 valence electrons. The SMILES string of the molecule is O=C(C[C@H]1C[C@@H]2c3cc(NS(=O)(=O)c4ccc(F)cc4)ccc3O[C@@H]2[C@H](CO)O1)NCc1ccccn1. The van der Waals surface area contributed by atoms with Crippen molar-refractivity contribution in [2.24, 2.45) is 0 Å². The van der Waals surface area contributed by atoms with Crippen LogP contribution in [0.3, 0.4) is 0 Å². The van der Waals surface area contributed by atoms with Crippen molar-refractivity contribution < 1.29 is 32.2 Å². The molecule has 2 aliphatic rings.